The zero-order valence-corrected chi connectivity index (χ0v) is 12.7. The van der Waals surface area contributed by atoms with Crippen molar-refractivity contribution in [3.63, 3.8) is 0 Å². The molecule has 0 bridgehead atoms. The van der Waals surface area contributed by atoms with E-state index in [-0.39, 0.29) is 30.5 Å². The number of hydrogen-bond donors (Lipinski definition) is 2. The molecule has 1 aliphatic heterocycles. The van der Waals surface area contributed by atoms with E-state index in [2.05, 4.69) is 5.32 Å². The number of carbonyl (C=O) groups is 2. The van der Waals surface area contributed by atoms with E-state index < -0.39 is 5.97 Å². The Kier molecular flexibility index (Phi) is 6.65. The van der Waals surface area contributed by atoms with E-state index in [1.165, 1.54) is 0 Å². The van der Waals surface area contributed by atoms with Crippen LogP contribution in [-0.2, 0) is 9.59 Å². The summed E-state index contributed by atoms with van der Waals surface area (Å²) < 4.78 is 0. The van der Waals surface area contributed by atoms with Crippen molar-refractivity contribution in [2.45, 2.75) is 51.7 Å². The van der Waals surface area contributed by atoms with E-state index in [1.807, 2.05) is 25.7 Å². The van der Waals surface area contributed by atoms with Gasteiger partial charge in [-0.25, -0.2) is 0 Å². The molecule has 1 amide bonds. The van der Waals surface area contributed by atoms with Gasteiger partial charge in [0.15, 0.2) is 0 Å². The van der Waals surface area contributed by atoms with Crippen LogP contribution < -0.4 is 5.32 Å². The number of thioether (sulfide) groups is 1. The predicted molar refractivity (Wildman–Crippen MR) is 77.4 cm³/mol. The lowest BCUT2D eigenvalue weighted by Gasteiger charge is -2.38. The Labute approximate surface area is 119 Å². The highest BCUT2D eigenvalue weighted by Crippen LogP contribution is 2.21. The van der Waals surface area contributed by atoms with Gasteiger partial charge >= 0.3 is 5.97 Å². The number of nitrogens with zero attached hydrogens (tertiary/aromatic N) is 1. The van der Waals surface area contributed by atoms with Crippen LogP contribution in [0.25, 0.3) is 0 Å². The average Bonchev–Trinajstić information content (AvgIpc) is 2.37. The van der Waals surface area contributed by atoms with Gasteiger partial charge in [-0.15, -0.1) is 0 Å². The first kappa shape index (κ1) is 16.3. The van der Waals surface area contributed by atoms with Gasteiger partial charge in [0, 0.05) is 30.1 Å². The van der Waals surface area contributed by atoms with E-state index in [0.717, 1.165) is 24.5 Å². The summed E-state index contributed by atoms with van der Waals surface area (Å²) in [5.41, 5.74) is 0. The van der Waals surface area contributed by atoms with Crippen molar-refractivity contribution in [1.82, 2.24) is 10.2 Å². The van der Waals surface area contributed by atoms with Crippen molar-refractivity contribution in [1.29, 1.82) is 0 Å². The van der Waals surface area contributed by atoms with Crippen molar-refractivity contribution in [2.75, 3.05) is 18.1 Å². The van der Waals surface area contributed by atoms with E-state index in [4.69, 9.17) is 5.11 Å². The van der Waals surface area contributed by atoms with Crippen molar-refractivity contribution in [2.24, 2.45) is 0 Å². The smallest absolute Gasteiger partial charge is 0.304 e. The fourth-order valence-corrected chi connectivity index (χ4v) is 3.26. The maximum atomic E-state index is 12.1. The summed E-state index contributed by atoms with van der Waals surface area (Å²) in [6.07, 6.45) is 1.00. The lowest BCUT2D eigenvalue weighted by Crippen LogP contribution is -2.54. The minimum absolute atomic E-state index is 0.00311. The molecule has 19 heavy (non-hydrogen) atoms. The van der Waals surface area contributed by atoms with Crippen molar-refractivity contribution in [3.05, 3.63) is 0 Å². The Bertz CT molecular complexity index is 325. The van der Waals surface area contributed by atoms with Gasteiger partial charge in [0.25, 0.3) is 0 Å². The Morgan fingerprint density at radius 2 is 2.16 bits per heavy atom. The van der Waals surface area contributed by atoms with Gasteiger partial charge in [-0.1, -0.05) is 6.92 Å². The molecule has 1 aliphatic rings. The van der Waals surface area contributed by atoms with Gasteiger partial charge in [-0.05, 0) is 20.3 Å². The molecular formula is C13H24N2O3S. The van der Waals surface area contributed by atoms with Gasteiger partial charge in [-0.2, -0.15) is 11.8 Å². The maximum Gasteiger partial charge on any atom is 0.304 e. The van der Waals surface area contributed by atoms with Gasteiger partial charge in [-0.3, -0.25) is 14.5 Å². The van der Waals surface area contributed by atoms with Crippen molar-refractivity contribution < 1.29 is 14.7 Å². The Balaban J connectivity index is 2.62. The number of amides is 1. The third-order valence-corrected chi connectivity index (χ3v) is 4.65. The molecule has 0 aromatic heterocycles. The molecule has 3 unspecified atom stereocenters. The minimum Gasteiger partial charge on any atom is -0.481 e. The highest BCUT2D eigenvalue weighted by molar-refractivity contribution is 7.99. The molecule has 1 rings (SSSR count). The topological polar surface area (TPSA) is 69.6 Å². The fraction of sp³-hybridized carbons (Fsp3) is 0.846. The van der Waals surface area contributed by atoms with Crippen molar-refractivity contribution >= 4 is 23.6 Å². The molecule has 1 heterocycles. The monoisotopic (exact) mass is 288 g/mol. The van der Waals surface area contributed by atoms with Crippen LogP contribution in [0.5, 0.6) is 0 Å². The third-order valence-electron chi connectivity index (χ3n) is 3.56. The second-order valence-corrected chi connectivity index (χ2v) is 6.21. The van der Waals surface area contributed by atoms with Crippen LogP contribution >= 0.6 is 11.8 Å². The molecule has 0 radical (unpaired) electrons. The summed E-state index contributed by atoms with van der Waals surface area (Å²) in [4.78, 5) is 25.1. The molecule has 0 aromatic carbocycles. The Hall–Kier alpha value is -0.750. The van der Waals surface area contributed by atoms with Gasteiger partial charge in [0.1, 0.15) is 0 Å². The molecule has 1 saturated heterocycles. The number of rotatable bonds is 6. The lowest BCUT2D eigenvalue weighted by atomic mass is 10.1. The fourth-order valence-electron chi connectivity index (χ4n) is 2.17. The molecule has 5 nitrogen and oxygen atoms in total. The molecule has 0 spiro atoms. The highest BCUT2D eigenvalue weighted by Gasteiger charge is 2.32. The van der Waals surface area contributed by atoms with E-state index in [1.54, 1.807) is 11.8 Å². The van der Waals surface area contributed by atoms with Crippen LogP contribution in [0.15, 0.2) is 0 Å². The van der Waals surface area contributed by atoms with Crippen LogP contribution in [0.1, 0.15) is 33.6 Å². The molecule has 0 aromatic rings. The molecule has 6 heteroatoms. The third kappa shape index (κ3) is 5.03. The van der Waals surface area contributed by atoms with E-state index in [9.17, 15) is 9.59 Å². The summed E-state index contributed by atoms with van der Waals surface area (Å²) in [6, 6.07) is -0.153. The number of carboxylic acids is 1. The molecule has 1 fully saturated rings. The van der Waals surface area contributed by atoms with Crippen LogP contribution in [-0.4, -0.2) is 58.1 Å². The van der Waals surface area contributed by atoms with Crippen LogP contribution in [0.2, 0.25) is 0 Å². The minimum atomic E-state index is -0.799. The molecule has 3 atom stereocenters. The standard InChI is InChI=1S/C13H24N2O3S/c1-4-9(2)14-13(18)10(3)15-5-6-19-8-11(15)7-12(16)17/h9-11H,4-8H2,1-3H3,(H,14,18)(H,16,17). The first-order valence-corrected chi connectivity index (χ1v) is 7.96. The predicted octanol–water partition coefficient (Wildman–Crippen LogP) is 1.18. The SMILES string of the molecule is CCC(C)NC(=O)C(C)N1CCSCC1CC(=O)O. The van der Waals surface area contributed by atoms with E-state index >= 15 is 0 Å². The molecule has 0 aliphatic carbocycles. The second kappa shape index (κ2) is 7.75. The maximum absolute atomic E-state index is 12.1. The Morgan fingerprint density at radius 3 is 2.74 bits per heavy atom. The average molecular weight is 288 g/mol. The Morgan fingerprint density at radius 1 is 1.47 bits per heavy atom. The second-order valence-electron chi connectivity index (χ2n) is 5.06. The zero-order chi connectivity index (χ0) is 14.4. The zero-order valence-electron chi connectivity index (χ0n) is 11.9. The number of carbonyl (C=O) groups excluding carboxylic acids is 1. The summed E-state index contributed by atoms with van der Waals surface area (Å²) in [6.45, 7) is 6.64. The number of carboxylic acid groups (broad SMARTS) is 1. The van der Waals surface area contributed by atoms with Gasteiger partial charge in [0.2, 0.25) is 5.91 Å². The molecular weight excluding hydrogens is 264 g/mol. The van der Waals surface area contributed by atoms with E-state index in [0.29, 0.717) is 0 Å². The largest absolute Gasteiger partial charge is 0.481 e. The normalized spacial score (nSPS) is 23.6. The van der Waals surface area contributed by atoms with Gasteiger partial charge < -0.3 is 10.4 Å². The first-order valence-electron chi connectivity index (χ1n) is 6.81. The van der Waals surface area contributed by atoms with Gasteiger partial charge in [0.05, 0.1) is 12.5 Å². The number of hydrogen-bond acceptors (Lipinski definition) is 4. The van der Waals surface area contributed by atoms with Crippen LogP contribution in [0, 0.1) is 0 Å². The summed E-state index contributed by atoms with van der Waals surface area (Å²) in [7, 11) is 0. The number of aliphatic carboxylic acids is 1. The number of nitrogens with one attached hydrogen (secondary N) is 1. The summed E-state index contributed by atoms with van der Waals surface area (Å²) in [5.74, 6) is 0.938. The van der Waals surface area contributed by atoms with Crippen molar-refractivity contribution in [3.8, 4) is 0 Å². The molecule has 2 N–H and O–H groups in total. The molecule has 0 saturated carbocycles. The quantitative estimate of drug-likeness (QED) is 0.768. The molecule has 110 valence electrons. The first-order chi connectivity index (χ1) is 8.95. The lowest BCUT2D eigenvalue weighted by molar-refractivity contribution is -0.139. The summed E-state index contributed by atoms with van der Waals surface area (Å²) in [5, 5.41) is 11.9. The highest BCUT2D eigenvalue weighted by atomic mass is 32.2. The van der Waals surface area contributed by atoms with Crippen LogP contribution in [0.4, 0.5) is 0 Å². The van der Waals surface area contributed by atoms with Crippen LogP contribution in [0.3, 0.4) is 0 Å². The summed E-state index contributed by atoms with van der Waals surface area (Å²) >= 11 is 1.76.